The maximum Gasteiger partial charge on any atom is 0.165 e. The van der Waals surface area contributed by atoms with E-state index in [9.17, 15) is 4.39 Å². The molecule has 1 aromatic carbocycles. The molecule has 0 spiro atoms. The zero-order valence-corrected chi connectivity index (χ0v) is 11.3. The monoisotopic (exact) mass is 311 g/mol. The van der Waals surface area contributed by atoms with E-state index in [1.807, 2.05) is 0 Å². The SMILES string of the molecule is COc1ccc(COc2cccnc2Br)cc1F. The molecule has 0 bridgehead atoms. The van der Waals surface area contributed by atoms with Crippen molar-refractivity contribution in [2.45, 2.75) is 6.61 Å². The van der Waals surface area contributed by atoms with Crippen LogP contribution in [0.4, 0.5) is 4.39 Å². The number of hydrogen-bond acceptors (Lipinski definition) is 3. The van der Waals surface area contributed by atoms with Gasteiger partial charge in [-0.25, -0.2) is 9.37 Å². The van der Waals surface area contributed by atoms with Gasteiger partial charge in [0.15, 0.2) is 17.3 Å². The number of hydrogen-bond donors (Lipinski definition) is 0. The van der Waals surface area contributed by atoms with Gasteiger partial charge in [0.1, 0.15) is 11.2 Å². The first-order valence-electron chi connectivity index (χ1n) is 5.26. The van der Waals surface area contributed by atoms with E-state index >= 15 is 0 Å². The van der Waals surface area contributed by atoms with E-state index in [4.69, 9.17) is 9.47 Å². The topological polar surface area (TPSA) is 31.4 Å². The lowest BCUT2D eigenvalue weighted by atomic mass is 10.2. The van der Waals surface area contributed by atoms with Gasteiger partial charge in [-0.2, -0.15) is 0 Å². The van der Waals surface area contributed by atoms with Gasteiger partial charge in [0.2, 0.25) is 0 Å². The molecule has 94 valence electrons. The van der Waals surface area contributed by atoms with Gasteiger partial charge in [0.05, 0.1) is 7.11 Å². The molecule has 18 heavy (non-hydrogen) atoms. The Morgan fingerprint density at radius 3 is 2.78 bits per heavy atom. The van der Waals surface area contributed by atoms with E-state index in [1.165, 1.54) is 13.2 Å². The van der Waals surface area contributed by atoms with Crippen LogP contribution in [-0.4, -0.2) is 12.1 Å². The number of pyridine rings is 1. The van der Waals surface area contributed by atoms with Crippen molar-refractivity contribution in [2.75, 3.05) is 7.11 Å². The first-order chi connectivity index (χ1) is 8.70. The quantitative estimate of drug-likeness (QED) is 0.809. The fourth-order valence-electron chi connectivity index (χ4n) is 1.44. The number of nitrogens with zero attached hydrogens (tertiary/aromatic N) is 1. The lowest BCUT2D eigenvalue weighted by Gasteiger charge is -2.08. The molecule has 0 amide bonds. The van der Waals surface area contributed by atoms with Crippen LogP contribution in [0, 0.1) is 5.82 Å². The van der Waals surface area contributed by atoms with Gasteiger partial charge in [-0.05, 0) is 45.8 Å². The van der Waals surface area contributed by atoms with E-state index in [-0.39, 0.29) is 12.4 Å². The second kappa shape index (κ2) is 5.82. The van der Waals surface area contributed by atoms with Crippen molar-refractivity contribution in [1.29, 1.82) is 0 Å². The molecule has 0 radical (unpaired) electrons. The van der Waals surface area contributed by atoms with Crippen molar-refractivity contribution in [3.05, 3.63) is 52.5 Å². The summed E-state index contributed by atoms with van der Waals surface area (Å²) in [4.78, 5) is 4.03. The van der Waals surface area contributed by atoms with Gasteiger partial charge in [0.25, 0.3) is 0 Å². The molecule has 5 heteroatoms. The van der Waals surface area contributed by atoms with E-state index in [0.717, 1.165) is 5.56 Å². The van der Waals surface area contributed by atoms with Crippen LogP contribution in [0.1, 0.15) is 5.56 Å². The minimum Gasteiger partial charge on any atom is -0.494 e. The van der Waals surface area contributed by atoms with Crippen LogP contribution in [-0.2, 0) is 6.61 Å². The molecule has 0 saturated carbocycles. The lowest BCUT2D eigenvalue weighted by molar-refractivity contribution is 0.301. The number of benzene rings is 1. The van der Waals surface area contributed by atoms with Crippen LogP contribution in [0.25, 0.3) is 0 Å². The fraction of sp³-hybridized carbons (Fsp3) is 0.154. The molecule has 1 heterocycles. The third kappa shape index (κ3) is 2.98. The number of ether oxygens (including phenoxy) is 2. The highest BCUT2D eigenvalue weighted by Crippen LogP contribution is 2.23. The third-order valence-electron chi connectivity index (χ3n) is 2.34. The van der Waals surface area contributed by atoms with Crippen molar-refractivity contribution in [3.8, 4) is 11.5 Å². The Morgan fingerprint density at radius 1 is 1.28 bits per heavy atom. The Labute approximate surface area is 113 Å². The molecule has 0 aliphatic carbocycles. The van der Waals surface area contributed by atoms with Gasteiger partial charge in [0, 0.05) is 6.20 Å². The summed E-state index contributed by atoms with van der Waals surface area (Å²) in [5.74, 6) is 0.443. The average molecular weight is 312 g/mol. The lowest BCUT2D eigenvalue weighted by Crippen LogP contribution is -1.98. The second-order valence-electron chi connectivity index (χ2n) is 3.55. The van der Waals surface area contributed by atoms with Gasteiger partial charge in [-0.1, -0.05) is 6.07 Å². The largest absolute Gasteiger partial charge is 0.494 e. The van der Waals surface area contributed by atoms with Crippen molar-refractivity contribution < 1.29 is 13.9 Å². The minimum absolute atomic E-state index is 0.223. The molecule has 0 fully saturated rings. The molecule has 3 nitrogen and oxygen atoms in total. The maximum atomic E-state index is 13.5. The molecule has 1 aromatic heterocycles. The first kappa shape index (κ1) is 12.8. The summed E-state index contributed by atoms with van der Waals surface area (Å²) in [6.07, 6.45) is 1.66. The van der Waals surface area contributed by atoms with Crippen molar-refractivity contribution in [2.24, 2.45) is 0 Å². The Balaban J connectivity index is 2.07. The number of methoxy groups -OCH3 is 1. The number of rotatable bonds is 4. The smallest absolute Gasteiger partial charge is 0.165 e. The van der Waals surface area contributed by atoms with Crippen molar-refractivity contribution in [1.82, 2.24) is 4.98 Å². The maximum absolute atomic E-state index is 13.5. The highest BCUT2D eigenvalue weighted by atomic mass is 79.9. The normalized spacial score (nSPS) is 10.2. The van der Waals surface area contributed by atoms with Gasteiger partial charge in [-0.3, -0.25) is 0 Å². The molecule has 2 rings (SSSR count). The molecule has 2 aromatic rings. The van der Waals surface area contributed by atoms with Crippen LogP contribution >= 0.6 is 15.9 Å². The summed E-state index contributed by atoms with van der Waals surface area (Å²) in [5.41, 5.74) is 0.726. The Hall–Kier alpha value is -1.62. The summed E-state index contributed by atoms with van der Waals surface area (Å²) < 4.78 is 24.5. The van der Waals surface area contributed by atoms with E-state index in [0.29, 0.717) is 10.4 Å². The van der Waals surface area contributed by atoms with Gasteiger partial charge < -0.3 is 9.47 Å². The van der Waals surface area contributed by atoms with Crippen LogP contribution < -0.4 is 9.47 Å². The molecular weight excluding hydrogens is 301 g/mol. The van der Waals surface area contributed by atoms with Gasteiger partial charge in [-0.15, -0.1) is 0 Å². The summed E-state index contributed by atoms with van der Waals surface area (Å²) in [6, 6.07) is 8.28. The van der Waals surface area contributed by atoms with E-state index < -0.39 is 5.82 Å². The Kier molecular flexibility index (Phi) is 4.15. The fourth-order valence-corrected chi connectivity index (χ4v) is 1.80. The molecule has 0 unspecified atom stereocenters. The Morgan fingerprint density at radius 2 is 2.11 bits per heavy atom. The zero-order valence-electron chi connectivity index (χ0n) is 9.69. The van der Waals surface area contributed by atoms with Crippen LogP contribution in [0.2, 0.25) is 0 Å². The average Bonchev–Trinajstić information content (AvgIpc) is 2.38. The molecule has 0 atom stereocenters. The molecule has 0 saturated heterocycles. The van der Waals surface area contributed by atoms with Crippen LogP contribution in [0.5, 0.6) is 11.5 Å². The molecule has 0 N–H and O–H groups in total. The van der Waals surface area contributed by atoms with Gasteiger partial charge >= 0.3 is 0 Å². The minimum atomic E-state index is -0.399. The predicted molar refractivity (Wildman–Crippen MR) is 69.2 cm³/mol. The molecular formula is C13H11BrFNO2. The van der Waals surface area contributed by atoms with Crippen molar-refractivity contribution >= 4 is 15.9 Å². The molecule has 0 aliphatic heterocycles. The standard InChI is InChI=1S/C13H11BrFNO2/c1-17-11-5-4-9(7-10(11)15)8-18-12-3-2-6-16-13(12)14/h2-7H,8H2,1H3. The highest BCUT2D eigenvalue weighted by molar-refractivity contribution is 9.10. The molecule has 0 aliphatic rings. The summed E-state index contributed by atoms with van der Waals surface area (Å²) >= 11 is 3.28. The third-order valence-corrected chi connectivity index (χ3v) is 2.93. The second-order valence-corrected chi connectivity index (χ2v) is 4.30. The Bertz CT molecular complexity index is 548. The first-order valence-corrected chi connectivity index (χ1v) is 6.05. The van der Waals surface area contributed by atoms with Crippen LogP contribution in [0.15, 0.2) is 41.1 Å². The zero-order chi connectivity index (χ0) is 13.0. The van der Waals surface area contributed by atoms with E-state index in [2.05, 4.69) is 20.9 Å². The van der Waals surface area contributed by atoms with Crippen molar-refractivity contribution in [3.63, 3.8) is 0 Å². The summed E-state index contributed by atoms with van der Waals surface area (Å²) in [5, 5.41) is 0. The van der Waals surface area contributed by atoms with Crippen LogP contribution in [0.3, 0.4) is 0 Å². The number of halogens is 2. The van der Waals surface area contributed by atoms with E-state index in [1.54, 1.807) is 30.5 Å². The summed E-state index contributed by atoms with van der Waals surface area (Å²) in [6.45, 7) is 0.269. The predicted octanol–water partition coefficient (Wildman–Crippen LogP) is 3.57. The highest BCUT2D eigenvalue weighted by Gasteiger charge is 2.05. The number of aromatic nitrogens is 1. The summed E-state index contributed by atoms with van der Waals surface area (Å²) in [7, 11) is 1.43.